The van der Waals surface area contributed by atoms with Crippen molar-refractivity contribution in [3.63, 3.8) is 0 Å². The third kappa shape index (κ3) is 1.87. The van der Waals surface area contributed by atoms with Gasteiger partial charge in [0, 0.05) is 11.8 Å². The van der Waals surface area contributed by atoms with Gasteiger partial charge in [0.15, 0.2) is 0 Å². The van der Waals surface area contributed by atoms with Crippen molar-refractivity contribution in [2.45, 2.75) is 33.6 Å². The van der Waals surface area contributed by atoms with Gasteiger partial charge in [0.2, 0.25) is 0 Å². The van der Waals surface area contributed by atoms with Gasteiger partial charge in [-0.05, 0) is 12.8 Å². The molecule has 0 radical (unpaired) electrons. The average Bonchev–Trinajstić information content (AvgIpc) is 2.01. The molecule has 1 aliphatic carbocycles. The molecule has 1 unspecified atom stereocenters. The number of allylic oxidation sites excluding steroid dienone is 2. The van der Waals surface area contributed by atoms with Gasteiger partial charge in [-0.3, -0.25) is 9.59 Å². The van der Waals surface area contributed by atoms with Crippen LogP contribution in [-0.4, -0.2) is 11.6 Å². The summed E-state index contributed by atoms with van der Waals surface area (Å²) < 4.78 is 0. The first-order valence-electron chi connectivity index (χ1n) is 4.66. The summed E-state index contributed by atoms with van der Waals surface area (Å²) in [6, 6.07) is 0. The summed E-state index contributed by atoms with van der Waals surface area (Å²) in [5.41, 5.74) is -0.361. The molecule has 1 rings (SSSR count). The first kappa shape index (κ1) is 10.2. The summed E-state index contributed by atoms with van der Waals surface area (Å²) in [6.07, 6.45) is 4.53. The van der Waals surface area contributed by atoms with Gasteiger partial charge in [-0.1, -0.05) is 26.0 Å². The van der Waals surface area contributed by atoms with Crippen LogP contribution in [0, 0.1) is 11.3 Å². The van der Waals surface area contributed by atoms with Gasteiger partial charge < -0.3 is 0 Å². The predicted molar refractivity (Wildman–Crippen MR) is 51.3 cm³/mol. The standard InChI is InChI=1S/C11H16O2/c1-4-5-8-6-9(12)7-10(13)11(8,2)3/h4-5,8H,6-7H2,1-3H3/b5-4+. The molecule has 0 aliphatic heterocycles. The largest absolute Gasteiger partial charge is 0.299 e. The first-order chi connectivity index (χ1) is 5.98. The molecule has 0 aromatic carbocycles. The Morgan fingerprint density at radius 3 is 2.54 bits per heavy atom. The second-order valence-electron chi connectivity index (χ2n) is 4.20. The van der Waals surface area contributed by atoms with E-state index in [0.29, 0.717) is 6.42 Å². The zero-order valence-electron chi connectivity index (χ0n) is 8.46. The van der Waals surface area contributed by atoms with E-state index in [1.807, 2.05) is 32.9 Å². The van der Waals surface area contributed by atoms with Crippen molar-refractivity contribution < 1.29 is 9.59 Å². The van der Waals surface area contributed by atoms with Crippen molar-refractivity contribution in [2.75, 3.05) is 0 Å². The van der Waals surface area contributed by atoms with Crippen LogP contribution in [0.5, 0.6) is 0 Å². The highest BCUT2D eigenvalue weighted by Crippen LogP contribution is 2.37. The van der Waals surface area contributed by atoms with E-state index >= 15 is 0 Å². The Morgan fingerprint density at radius 2 is 2.00 bits per heavy atom. The third-order valence-electron chi connectivity index (χ3n) is 2.88. The maximum Gasteiger partial charge on any atom is 0.146 e. The Labute approximate surface area is 79.0 Å². The molecule has 2 nitrogen and oxygen atoms in total. The fraction of sp³-hybridized carbons (Fsp3) is 0.636. The molecule has 72 valence electrons. The quantitative estimate of drug-likeness (QED) is 0.457. The van der Waals surface area contributed by atoms with E-state index in [4.69, 9.17) is 0 Å². The molecule has 1 fully saturated rings. The Bertz CT molecular complexity index is 261. The lowest BCUT2D eigenvalue weighted by Crippen LogP contribution is -2.39. The zero-order chi connectivity index (χ0) is 10.1. The van der Waals surface area contributed by atoms with Crippen LogP contribution in [0.4, 0.5) is 0 Å². The van der Waals surface area contributed by atoms with Crippen LogP contribution in [0.25, 0.3) is 0 Å². The molecule has 2 heteroatoms. The molecule has 0 aromatic heterocycles. The molecule has 1 saturated carbocycles. The number of Topliss-reactive ketones (excluding diaryl/α,β-unsaturated/α-hetero) is 2. The van der Waals surface area contributed by atoms with Crippen molar-refractivity contribution in [1.82, 2.24) is 0 Å². The number of hydrogen-bond acceptors (Lipinski definition) is 2. The number of rotatable bonds is 1. The minimum absolute atomic E-state index is 0.0758. The van der Waals surface area contributed by atoms with Crippen LogP contribution >= 0.6 is 0 Å². The van der Waals surface area contributed by atoms with Crippen LogP contribution in [0.2, 0.25) is 0 Å². The highest BCUT2D eigenvalue weighted by atomic mass is 16.2. The number of carbonyl (C=O) groups is 2. The van der Waals surface area contributed by atoms with E-state index < -0.39 is 0 Å². The van der Waals surface area contributed by atoms with Crippen LogP contribution in [-0.2, 0) is 9.59 Å². The minimum atomic E-state index is -0.361. The highest BCUT2D eigenvalue weighted by Gasteiger charge is 2.40. The van der Waals surface area contributed by atoms with Crippen LogP contribution in [0.1, 0.15) is 33.6 Å². The normalized spacial score (nSPS) is 28.4. The fourth-order valence-electron chi connectivity index (χ4n) is 1.73. The maximum atomic E-state index is 11.6. The molecule has 0 amide bonds. The molecular formula is C11H16O2. The topological polar surface area (TPSA) is 34.1 Å². The maximum absolute atomic E-state index is 11.6. The lowest BCUT2D eigenvalue weighted by atomic mass is 9.67. The molecule has 0 N–H and O–H groups in total. The van der Waals surface area contributed by atoms with E-state index in [1.165, 1.54) is 0 Å². The van der Waals surface area contributed by atoms with Gasteiger partial charge in [-0.2, -0.15) is 0 Å². The number of hydrogen-bond donors (Lipinski definition) is 0. The van der Waals surface area contributed by atoms with Crippen LogP contribution in [0.15, 0.2) is 12.2 Å². The van der Waals surface area contributed by atoms with Gasteiger partial charge in [-0.15, -0.1) is 0 Å². The molecule has 0 bridgehead atoms. The number of ketones is 2. The van der Waals surface area contributed by atoms with Gasteiger partial charge in [0.05, 0.1) is 6.42 Å². The average molecular weight is 180 g/mol. The van der Waals surface area contributed by atoms with E-state index in [1.54, 1.807) is 0 Å². The predicted octanol–water partition coefficient (Wildman–Crippen LogP) is 2.14. The monoisotopic (exact) mass is 180 g/mol. The lowest BCUT2D eigenvalue weighted by Gasteiger charge is -2.34. The molecule has 0 heterocycles. The molecule has 0 aromatic rings. The molecule has 0 saturated heterocycles. The van der Waals surface area contributed by atoms with E-state index in [0.717, 1.165) is 0 Å². The summed E-state index contributed by atoms with van der Waals surface area (Å²) in [7, 11) is 0. The molecular weight excluding hydrogens is 164 g/mol. The van der Waals surface area contributed by atoms with Crippen molar-refractivity contribution in [3.8, 4) is 0 Å². The van der Waals surface area contributed by atoms with E-state index in [2.05, 4.69) is 0 Å². The Morgan fingerprint density at radius 1 is 1.38 bits per heavy atom. The Hall–Kier alpha value is -0.920. The summed E-state index contributed by atoms with van der Waals surface area (Å²) in [6.45, 7) is 5.76. The van der Waals surface area contributed by atoms with Crippen molar-refractivity contribution in [3.05, 3.63) is 12.2 Å². The van der Waals surface area contributed by atoms with Gasteiger partial charge in [0.1, 0.15) is 11.6 Å². The molecule has 0 spiro atoms. The van der Waals surface area contributed by atoms with E-state index in [-0.39, 0.29) is 29.3 Å². The summed E-state index contributed by atoms with van der Waals surface area (Å²) in [5.74, 6) is 0.241. The smallest absolute Gasteiger partial charge is 0.146 e. The summed E-state index contributed by atoms with van der Waals surface area (Å²) >= 11 is 0. The SMILES string of the molecule is C/C=C/C1CC(=O)CC(=O)C1(C)C. The van der Waals surface area contributed by atoms with Crippen molar-refractivity contribution >= 4 is 11.6 Å². The van der Waals surface area contributed by atoms with Crippen LogP contribution in [0.3, 0.4) is 0 Å². The summed E-state index contributed by atoms with van der Waals surface area (Å²) in [5, 5.41) is 0. The lowest BCUT2D eigenvalue weighted by molar-refractivity contribution is -0.138. The van der Waals surface area contributed by atoms with Gasteiger partial charge in [-0.25, -0.2) is 0 Å². The zero-order valence-corrected chi connectivity index (χ0v) is 8.46. The highest BCUT2D eigenvalue weighted by molar-refractivity contribution is 6.04. The molecule has 1 aliphatic rings. The van der Waals surface area contributed by atoms with E-state index in [9.17, 15) is 9.59 Å². The van der Waals surface area contributed by atoms with Crippen molar-refractivity contribution in [2.24, 2.45) is 11.3 Å². The molecule has 13 heavy (non-hydrogen) atoms. The number of carbonyl (C=O) groups excluding carboxylic acids is 2. The third-order valence-corrected chi connectivity index (χ3v) is 2.88. The minimum Gasteiger partial charge on any atom is -0.299 e. The second-order valence-corrected chi connectivity index (χ2v) is 4.20. The fourth-order valence-corrected chi connectivity index (χ4v) is 1.73. The van der Waals surface area contributed by atoms with Crippen molar-refractivity contribution in [1.29, 1.82) is 0 Å². The van der Waals surface area contributed by atoms with Gasteiger partial charge in [0.25, 0.3) is 0 Å². The molecule has 1 atom stereocenters. The Balaban J connectivity index is 2.91. The Kier molecular flexibility index (Phi) is 2.69. The first-order valence-corrected chi connectivity index (χ1v) is 4.66. The summed E-state index contributed by atoms with van der Waals surface area (Å²) in [4.78, 5) is 22.7. The van der Waals surface area contributed by atoms with Gasteiger partial charge >= 0.3 is 0 Å². The second kappa shape index (κ2) is 3.44. The van der Waals surface area contributed by atoms with Crippen LogP contribution < -0.4 is 0 Å².